The Bertz CT molecular complexity index is 1670. The quantitative estimate of drug-likeness (QED) is 0.253. The van der Waals surface area contributed by atoms with Gasteiger partial charge >= 0.3 is 0 Å². The van der Waals surface area contributed by atoms with Crippen LogP contribution in [-0.4, -0.2) is 27.3 Å². The van der Waals surface area contributed by atoms with Crippen LogP contribution in [0.3, 0.4) is 0 Å². The molecule has 0 atom stereocenters. The van der Waals surface area contributed by atoms with Gasteiger partial charge in [0.15, 0.2) is 5.82 Å². The highest BCUT2D eigenvalue weighted by Gasteiger charge is 2.21. The molecule has 0 spiro atoms. The first kappa shape index (κ1) is 27.4. The Balaban J connectivity index is 1.99. The molecule has 0 aliphatic heterocycles. The van der Waals surface area contributed by atoms with E-state index in [0.29, 0.717) is 30.6 Å². The molecule has 1 aromatic heterocycles. The molecular formula is C27H19Br2ClN4O4. The van der Waals surface area contributed by atoms with Crippen molar-refractivity contribution in [1.29, 1.82) is 0 Å². The van der Waals surface area contributed by atoms with Crippen LogP contribution < -0.4 is 16.3 Å². The highest BCUT2D eigenvalue weighted by atomic mass is 79.9. The summed E-state index contributed by atoms with van der Waals surface area (Å²) in [5, 5.41) is 3.37. The number of aromatic nitrogens is 2. The summed E-state index contributed by atoms with van der Waals surface area (Å²) in [6, 6.07) is 18.7. The van der Waals surface area contributed by atoms with E-state index in [1.807, 2.05) is 0 Å². The Kier molecular flexibility index (Phi) is 8.55. The summed E-state index contributed by atoms with van der Waals surface area (Å²) < 4.78 is 2.03. The van der Waals surface area contributed by atoms with Gasteiger partial charge in [0.1, 0.15) is 5.78 Å². The molecular weight excluding hydrogens is 640 g/mol. The van der Waals surface area contributed by atoms with Crippen molar-refractivity contribution < 1.29 is 14.4 Å². The Hall–Kier alpha value is -3.60. The average Bonchev–Trinajstić information content (AvgIpc) is 2.87. The third-order valence-corrected chi connectivity index (χ3v) is 6.67. The van der Waals surface area contributed by atoms with Crippen LogP contribution in [0.15, 0.2) is 80.5 Å². The van der Waals surface area contributed by atoms with Crippen LogP contribution in [0.4, 0.5) is 0 Å². The highest BCUT2D eigenvalue weighted by molar-refractivity contribution is 9.11. The molecule has 3 aromatic carbocycles. The molecule has 38 heavy (non-hydrogen) atoms. The SMILES string of the molecule is CC(=O)CC(=O)Nn1c(/C(=C/c2ccccc2Cl)NC(=O)c2ccccc2)nc2c(Br)cc(Br)cc2c1=O. The van der Waals surface area contributed by atoms with Gasteiger partial charge in [-0.05, 0) is 64.8 Å². The number of carbonyl (C=O) groups is 3. The largest absolute Gasteiger partial charge is 0.319 e. The zero-order valence-electron chi connectivity index (χ0n) is 19.8. The Morgan fingerprint density at radius 2 is 1.71 bits per heavy atom. The fourth-order valence-corrected chi connectivity index (χ4v) is 5.08. The van der Waals surface area contributed by atoms with E-state index in [1.54, 1.807) is 72.8 Å². The number of hydrogen-bond donors (Lipinski definition) is 2. The normalized spacial score (nSPS) is 11.3. The van der Waals surface area contributed by atoms with Crippen molar-refractivity contribution in [3.05, 3.63) is 108 Å². The molecule has 11 heteroatoms. The topological polar surface area (TPSA) is 110 Å². The number of hydrogen-bond acceptors (Lipinski definition) is 5. The number of carbonyl (C=O) groups excluding carboxylic acids is 3. The van der Waals surface area contributed by atoms with Gasteiger partial charge in [0.05, 0.1) is 23.0 Å². The van der Waals surface area contributed by atoms with Crippen molar-refractivity contribution in [3.63, 3.8) is 0 Å². The predicted octanol–water partition coefficient (Wildman–Crippen LogP) is 5.55. The molecule has 0 fully saturated rings. The van der Waals surface area contributed by atoms with E-state index in [2.05, 4.69) is 47.6 Å². The Labute approximate surface area is 238 Å². The second kappa shape index (κ2) is 11.8. The summed E-state index contributed by atoms with van der Waals surface area (Å²) in [6.45, 7) is 1.26. The first-order valence-electron chi connectivity index (χ1n) is 11.2. The van der Waals surface area contributed by atoms with Crippen molar-refractivity contribution in [2.75, 3.05) is 5.43 Å². The van der Waals surface area contributed by atoms with Crippen LogP contribution in [0.1, 0.15) is 35.1 Å². The molecule has 8 nitrogen and oxygen atoms in total. The van der Waals surface area contributed by atoms with Gasteiger partial charge in [0.25, 0.3) is 11.5 Å². The number of halogens is 3. The summed E-state index contributed by atoms with van der Waals surface area (Å²) in [7, 11) is 0. The van der Waals surface area contributed by atoms with Gasteiger partial charge in [-0.15, -0.1) is 0 Å². The number of ketones is 1. The van der Waals surface area contributed by atoms with Gasteiger partial charge < -0.3 is 5.32 Å². The summed E-state index contributed by atoms with van der Waals surface area (Å²) in [4.78, 5) is 55.7. The standard InChI is InChI=1S/C27H19Br2ClN4O4/c1-15(35)11-23(36)33-34-25(32-24-19(27(34)38)13-18(28)14-20(24)29)22(12-17-9-5-6-10-21(17)30)31-26(37)16-7-3-2-4-8-16/h2-10,12-14H,11H2,1H3,(H,31,37)(H,33,36)/b22-12-. The molecule has 4 aromatic rings. The highest BCUT2D eigenvalue weighted by Crippen LogP contribution is 2.27. The van der Waals surface area contributed by atoms with E-state index >= 15 is 0 Å². The van der Waals surface area contributed by atoms with Crippen molar-refractivity contribution in [2.24, 2.45) is 0 Å². The molecule has 0 aliphatic carbocycles. The van der Waals surface area contributed by atoms with Crippen molar-refractivity contribution in [3.8, 4) is 0 Å². The maximum Gasteiger partial charge on any atom is 0.280 e. The minimum absolute atomic E-state index is 0.0772. The van der Waals surface area contributed by atoms with Gasteiger partial charge in [0.2, 0.25) is 5.91 Å². The van der Waals surface area contributed by atoms with Crippen LogP contribution in [0.2, 0.25) is 5.02 Å². The van der Waals surface area contributed by atoms with Crippen molar-refractivity contribution in [2.45, 2.75) is 13.3 Å². The van der Waals surface area contributed by atoms with E-state index < -0.39 is 23.8 Å². The smallest absolute Gasteiger partial charge is 0.280 e. The first-order valence-corrected chi connectivity index (χ1v) is 13.1. The molecule has 0 aliphatic rings. The lowest BCUT2D eigenvalue weighted by atomic mass is 10.1. The van der Waals surface area contributed by atoms with Crippen LogP contribution >= 0.6 is 43.5 Å². The minimum Gasteiger partial charge on any atom is -0.319 e. The molecule has 2 amide bonds. The molecule has 192 valence electrons. The molecule has 2 N–H and O–H groups in total. The van der Waals surface area contributed by atoms with E-state index in [1.165, 1.54) is 6.92 Å². The summed E-state index contributed by atoms with van der Waals surface area (Å²) in [5.74, 6) is -1.66. The zero-order valence-corrected chi connectivity index (χ0v) is 23.7. The number of benzene rings is 3. The number of rotatable bonds is 7. The van der Waals surface area contributed by atoms with Gasteiger partial charge in [-0.2, -0.15) is 4.68 Å². The molecule has 1 heterocycles. The maximum atomic E-state index is 13.7. The van der Waals surface area contributed by atoms with Gasteiger partial charge in [-0.1, -0.05) is 63.9 Å². The van der Waals surface area contributed by atoms with Crippen molar-refractivity contribution >= 4 is 83.7 Å². The summed E-state index contributed by atoms with van der Waals surface area (Å²) >= 11 is 13.2. The zero-order chi connectivity index (χ0) is 27.4. The number of Topliss-reactive ketones (excluding diaryl/α,β-unsaturated/α-hetero) is 1. The lowest BCUT2D eigenvalue weighted by molar-refractivity contribution is -0.124. The minimum atomic E-state index is -0.720. The molecule has 0 saturated heterocycles. The van der Waals surface area contributed by atoms with E-state index in [4.69, 9.17) is 11.6 Å². The maximum absolute atomic E-state index is 13.7. The predicted molar refractivity (Wildman–Crippen MR) is 154 cm³/mol. The van der Waals surface area contributed by atoms with E-state index in [9.17, 15) is 19.2 Å². The fraction of sp³-hybridized carbons (Fsp3) is 0.0741. The van der Waals surface area contributed by atoms with Gasteiger partial charge in [-0.3, -0.25) is 24.6 Å². The van der Waals surface area contributed by atoms with E-state index in [0.717, 1.165) is 4.68 Å². The Morgan fingerprint density at radius 1 is 1.03 bits per heavy atom. The van der Waals surface area contributed by atoms with Crippen LogP contribution in [0, 0.1) is 0 Å². The third kappa shape index (κ3) is 6.27. The number of nitrogens with one attached hydrogen (secondary N) is 2. The monoisotopic (exact) mass is 656 g/mol. The van der Waals surface area contributed by atoms with Crippen LogP contribution in [-0.2, 0) is 9.59 Å². The second-order valence-corrected chi connectivity index (χ2v) is 10.4. The molecule has 0 unspecified atom stereocenters. The van der Waals surface area contributed by atoms with Gasteiger partial charge in [-0.25, -0.2) is 4.98 Å². The summed E-state index contributed by atoms with van der Waals surface area (Å²) in [6.07, 6.45) is 1.10. The van der Waals surface area contributed by atoms with Crippen molar-refractivity contribution in [1.82, 2.24) is 15.0 Å². The lowest BCUT2D eigenvalue weighted by Crippen LogP contribution is -2.38. The fourth-order valence-electron chi connectivity index (χ4n) is 3.58. The molecule has 0 bridgehead atoms. The van der Waals surface area contributed by atoms with E-state index in [-0.39, 0.29) is 22.7 Å². The number of fused-ring (bicyclic) bond motifs is 1. The number of nitrogens with zero attached hydrogens (tertiary/aromatic N) is 2. The second-order valence-electron chi connectivity index (χ2n) is 8.17. The average molecular weight is 659 g/mol. The Morgan fingerprint density at radius 3 is 2.39 bits per heavy atom. The third-order valence-electron chi connectivity index (χ3n) is 5.27. The molecule has 4 rings (SSSR count). The molecule has 0 saturated carbocycles. The summed E-state index contributed by atoms with van der Waals surface area (Å²) in [5.41, 5.74) is 3.11. The first-order chi connectivity index (χ1) is 18.1. The van der Waals surface area contributed by atoms with Gasteiger partial charge in [0, 0.05) is 19.5 Å². The van der Waals surface area contributed by atoms with Crippen LogP contribution in [0.5, 0.6) is 0 Å². The lowest BCUT2D eigenvalue weighted by Gasteiger charge is -2.18. The number of amides is 2. The molecule has 0 radical (unpaired) electrons. The van der Waals surface area contributed by atoms with Crippen LogP contribution in [0.25, 0.3) is 22.7 Å².